The van der Waals surface area contributed by atoms with Crippen LogP contribution in [0.3, 0.4) is 0 Å². The molecule has 11 nitrogen and oxygen atoms in total. The highest BCUT2D eigenvalue weighted by molar-refractivity contribution is 7.99. The molecule has 0 atom stereocenters. The second kappa shape index (κ2) is 11.8. The van der Waals surface area contributed by atoms with E-state index in [-0.39, 0.29) is 29.8 Å². The maximum Gasteiger partial charge on any atom is 0.271 e. The van der Waals surface area contributed by atoms with Gasteiger partial charge in [0.1, 0.15) is 12.3 Å². The van der Waals surface area contributed by atoms with Crippen LogP contribution in [0.15, 0.2) is 84.0 Å². The summed E-state index contributed by atoms with van der Waals surface area (Å²) in [6, 6.07) is 21.9. The summed E-state index contributed by atoms with van der Waals surface area (Å²) in [6.07, 6.45) is 0. The lowest BCUT2D eigenvalue weighted by molar-refractivity contribution is -0.384. The molecule has 0 radical (unpaired) electrons. The van der Waals surface area contributed by atoms with Crippen molar-refractivity contribution >= 4 is 40.6 Å². The van der Waals surface area contributed by atoms with Gasteiger partial charge in [-0.05, 0) is 30.3 Å². The first-order valence-electron chi connectivity index (χ1n) is 11.0. The van der Waals surface area contributed by atoms with Gasteiger partial charge in [-0.25, -0.2) is 9.67 Å². The highest BCUT2D eigenvalue weighted by Crippen LogP contribution is 2.23. The molecule has 0 bridgehead atoms. The Morgan fingerprint density at radius 3 is 2.41 bits per heavy atom. The van der Waals surface area contributed by atoms with Crippen LogP contribution in [0.5, 0.6) is 5.75 Å². The predicted octanol–water partition coefficient (Wildman–Crippen LogP) is 4.23. The topological polar surface area (TPSA) is 141 Å². The molecule has 0 aliphatic rings. The predicted molar refractivity (Wildman–Crippen MR) is 140 cm³/mol. The number of ether oxygens (including phenoxy) is 1. The smallest absolute Gasteiger partial charge is 0.271 e. The summed E-state index contributed by atoms with van der Waals surface area (Å²) in [5.74, 6) is 0.334. The van der Waals surface area contributed by atoms with Crippen LogP contribution < -0.4 is 15.4 Å². The molecule has 1 heterocycles. The molecule has 0 unspecified atom stereocenters. The van der Waals surface area contributed by atoms with E-state index in [9.17, 15) is 19.7 Å². The van der Waals surface area contributed by atoms with Gasteiger partial charge in [0.2, 0.25) is 11.8 Å². The third-order valence-corrected chi connectivity index (χ3v) is 5.98. The van der Waals surface area contributed by atoms with Gasteiger partial charge < -0.3 is 15.4 Å². The van der Waals surface area contributed by atoms with E-state index in [1.54, 1.807) is 37.4 Å². The Labute approximate surface area is 216 Å². The van der Waals surface area contributed by atoms with Crippen LogP contribution in [0.2, 0.25) is 0 Å². The number of amides is 2. The Kier molecular flexibility index (Phi) is 8.11. The summed E-state index contributed by atoms with van der Waals surface area (Å²) in [5.41, 5.74) is 1.55. The first-order chi connectivity index (χ1) is 17.9. The van der Waals surface area contributed by atoms with Gasteiger partial charge in [-0.2, -0.15) is 0 Å². The molecule has 0 aliphatic carbocycles. The van der Waals surface area contributed by atoms with Crippen molar-refractivity contribution in [1.82, 2.24) is 14.8 Å². The number of nitrogens with one attached hydrogen (secondary N) is 2. The quantitative estimate of drug-likeness (QED) is 0.180. The van der Waals surface area contributed by atoms with E-state index in [4.69, 9.17) is 4.74 Å². The van der Waals surface area contributed by atoms with Crippen molar-refractivity contribution in [2.45, 2.75) is 11.7 Å². The molecule has 0 aliphatic heterocycles. The van der Waals surface area contributed by atoms with Crippen LogP contribution in [0, 0.1) is 10.1 Å². The standard InChI is InChI=1S/C25H22N6O5S/c1-36-21-12-10-18(11-13-21)26-22(32)15-30-25(28-24(29-30)17-6-3-2-4-7-17)37-16-23(33)27-19-8-5-9-20(14-19)31(34)35/h2-14H,15-16H2,1H3,(H,26,32)(H,27,33). The second-order valence-corrected chi connectivity index (χ2v) is 8.61. The molecular formula is C25H22N6O5S. The van der Waals surface area contributed by atoms with Crippen LogP contribution in [-0.4, -0.2) is 44.4 Å². The normalized spacial score (nSPS) is 10.5. The Bertz CT molecular complexity index is 1410. The number of hydrogen-bond donors (Lipinski definition) is 2. The van der Waals surface area contributed by atoms with E-state index in [1.165, 1.54) is 22.9 Å². The fourth-order valence-electron chi connectivity index (χ4n) is 3.28. The lowest BCUT2D eigenvalue weighted by Gasteiger charge is -2.08. The van der Waals surface area contributed by atoms with Gasteiger partial charge in [-0.15, -0.1) is 5.10 Å². The van der Waals surface area contributed by atoms with E-state index >= 15 is 0 Å². The molecular weight excluding hydrogens is 496 g/mol. The van der Waals surface area contributed by atoms with Gasteiger partial charge in [0, 0.05) is 29.1 Å². The van der Waals surface area contributed by atoms with Crippen molar-refractivity contribution in [3.63, 3.8) is 0 Å². The molecule has 2 amide bonds. The number of anilines is 2. The number of methoxy groups -OCH3 is 1. The van der Waals surface area contributed by atoms with E-state index in [2.05, 4.69) is 20.7 Å². The number of nitrogens with zero attached hydrogens (tertiary/aromatic N) is 4. The minimum atomic E-state index is -0.533. The minimum Gasteiger partial charge on any atom is -0.497 e. The van der Waals surface area contributed by atoms with Gasteiger partial charge in [-0.1, -0.05) is 48.2 Å². The fourth-order valence-corrected chi connectivity index (χ4v) is 4.02. The van der Waals surface area contributed by atoms with E-state index in [0.717, 1.165) is 17.3 Å². The lowest BCUT2D eigenvalue weighted by Crippen LogP contribution is -2.20. The number of carbonyl (C=O) groups is 2. The maximum atomic E-state index is 12.7. The average molecular weight is 519 g/mol. The molecule has 0 saturated carbocycles. The highest BCUT2D eigenvalue weighted by Gasteiger charge is 2.17. The van der Waals surface area contributed by atoms with Gasteiger partial charge in [-0.3, -0.25) is 19.7 Å². The van der Waals surface area contributed by atoms with Crippen molar-refractivity contribution in [3.8, 4) is 17.1 Å². The summed E-state index contributed by atoms with van der Waals surface area (Å²) < 4.78 is 6.57. The molecule has 188 valence electrons. The van der Waals surface area contributed by atoms with Crippen LogP contribution >= 0.6 is 11.8 Å². The zero-order valence-corrected chi connectivity index (χ0v) is 20.5. The Balaban J connectivity index is 1.46. The average Bonchev–Trinajstić information content (AvgIpc) is 3.31. The molecule has 2 N–H and O–H groups in total. The van der Waals surface area contributed by atoms with Crippen molar-refractivity contribution in [2.75, 3.05) is 23.5 Å². The summed E-state index contributed by atoms with van der Waals surface area (Å²) >= 11 is 1.10. The zero-order chi connectivity index (χ0) is 26.2. The highest BCUT2D eigenvalue weighted by atomic mass is 32.2. The number of thioether (sulfide) groups is 1. The molecule has 0 saturated heterocycles. The minimum absolute atomic E-state index is 0.0459. The lowest BCUT2D eigenvalue weighted by atomic mass is 10.2. The molecule has 4 rings (SSSR count). The Morgan fingerprint density at radius 2 is 1.70 bits per heavy atom. The second-order valence-electron chi connectivity index (χ2n) is 7.66. The summed E-state index contributed by atoms with van der Waals surface area (Å²) in [7, 11) is 1.56. The van der Waals surface area contributed by atoms with Crippen molar-refractivity contribution in [3.05, 3.63) is 89.0 Å². The van der Waals surface area contributed by atoms with Crippen LogP contribution in [0.1, 0.15) is 0 Å². The van der Waals surface area contributed by atoms with E-state index in [0.29, 0.717) is 28.1 Å². The van der Waals surface area contributed by atoms with Gasteiger partial charge in [0.15, 0.2) is 11.0 Å². The number of benzene rings is 3. The Hall–Kier alpha value is -4.71. The number of nitro benzene ring substituents is 1. The monoisotopic (exact) mass is 518 g/mol. The molecule has 0 fully saturated rings. The van der Waals surface area contributed by atoms with Gasteiger partial charge >= 0.3 is 0 Å². The zero-order valence-electron chi connectivity index (χ0n) is 19.7. The van der Waals surface area contributed by atoms with E-state index in [1.807, 2.05) is 30.3 Å². The van der Waals surface area contributed by atoms with E-state index < -0.39 is 4.92 Å². The molecule has 1 aromatic heterocycles. The summed E-state index contributed by atoms with van der Waals surface area (Å²) in [4.78, 5) is 40.2. The first-order valence-corrected chi connectivity index (χ1v) is 12.0. The third kappa shape index (κ3) is 6.92. The molecule has 37 heavy (non-hydrogen) atoms. The number of nitro groups is 1. The number of carbonyl (C=O) groups excluding carboxylic acids is 2. The molecule has 0 spiro atoms. The van der Waals surface area contributed by atoms with Crippen molar-refractivity contribution in [2.24, 2.45) is 0 Å². The van der Waals surface area contributed by atoms with Crippen LogP contribution in [-0.2, 0) is 16.1 Å². The maximum absolute atomic E-state index is 12.7. The SMILES string of the molecule is COc1ccc(NC(=O)Cn2nc(-c3ccccc3)nc2SCC(=O)Nc2cccc([N+](=O)[O-])c2)cc1. The number of rotatable bonds is 10. The van der Waals surface area contributed by atoms with Crippen molar-refractivity contribution in [1.29, 1.82) is 0 Å². The van der Waals surface area contributed by atoms with Crippen molar-refractivity contribution < 1.29 is 19.2 Å². The van der Waals surface area contributed by atoms with Crippen LogP contribution in [0.4, 0.5) is 17.1 Å². The number of non-ortho nitro benzene ring substituents is 1. The molecule has 4 aromatic rings. The molecule has 3 aromatic carbocycles. The van der Waals surface area contributed by atoms with Gasteiger partial charge in [0.05, 0.1) is 17.8 Å². The largest absolute Gasteiger partial charge is 0.497 e. The molecule has 12 heteroatoms. The summed E-state index contributed by atoms with van der Waals surface area (Å²) in [6.45, 7) is -0.124. The Morgan fingerprint density at radius 1 is 0.973 bits per heavy atom. The third-order valence-electron chi connectivity index (χ3n) is 5.01. The first kappa shape index (κ1) is 25.4. The van der Waals surface area contributed by atoms with Crippen LogP contribution in [0.25, 0.3) is 11.4 Å². The number of hydrogen-bond acceptors (Lipinski definition) is 8. The number of aromatic nitrogens is 3. The summed E-state index contributed by atoms with van der Waals surface area (Å²) in [5, 5.41) is 21.3. The fraction of sp³-hybridized carbons (Fsp3) is 0.120. The van der Waals surface area contributed by atoms with Gasteiger partial charge in [0.25, 0.3) is 5.69 Å².